The second-order valence-corrected chi connectivity index (χ2v) is 5.97. The van der Waals surface area contributed by atoms with E-state index in [2.05, 4.69) is 5.32 Å². The molecule has 1 aromatic carbocycles. The van der Waals surface area contributed by atoms with Crippen LogP contribution in [0.2, 0.25) is 5.02 Å². The van der Waals surface area contributed by atoms with Crippen molar-refractivity contribution >= 4 is 40.3 Å². The molecule has 0 unspecified atom stereocenters. The minimum absolute atomic E-state index is 0.0565. The minimum atomic E-state index is -0.285. The molecule has 1 amide bonds. The van der Waals surface area contributed by atoms with Crippen LogP contribution in [-0.2, 0) is 0 Å². The van der Waals surface area contributed by atoms with Gasteiger partial charge in [0.15, 0.2) is 5.78 Å². The van der Waals surface area contributed by atoms with Crippen molar-refractivity contribution in [3.8, 4) is 5.75 Å². The molecule has 1 N–H and O–H groups in total. The van der Waals surface area contributed by atoms with Gasteiger partial charge in [-0.2, -0.15) is 0 Å². The molecule has 0 radical (unpaired) electrons. The molecule has 2 aromatic rings. The molecule has 6 heteroatoms. The molecule has 0 spiro atoms. The molecule has 0 saturated carbocycles. The Morgan fingerprint density at radius 1 is 1.24 bits per heavy atom. The van der Waals surface area contributed by atoms with E-state index in [1.807, 2.05) is 6.92 Å². The number of aryl methyl sites for hydroxylation is 1. The molecule has 21 heavy (non-hydrogen) atoms. The average molecular weight is 324 g/mol. The number of carbonyl (C=O) groups excluding carboxylic acids is 2. The molecule has 110 valence electrons. The first-order valence-electron chi connectivity index (χ1n) is 6.18. The van der Waals surface area contributed by atoms with Gasteiger partial charge in [0.25, 0.3) is 5.91 Å². The van der Waals surface area contributed by atoms with E-state index in [1.54, 1.807) is 24.3 Å². The number of hydrogen-bond acceptors (Lipinski definition) is 4. The number of rotatable bonds is 4. The zero-order valence-corrected chi connectivity index (χ0v) is 13.4. The molecule has 0 fully saturated rings. The van der Waals surface area contributed by atoms with Crippen LogP contribution in [0.3, 0.4) is 0 Å². The van der Waals surface area contributed by atoms with Gasteiger partial charge in [-0.25, -0.2) is 0 Å². The van der Waals surface area contributed by atoms with Gasteiger partial charge in [0.1, 0.15) is 5.75 Å². The number of Topliss-reactive ketones (excluding diaryl/α,β-unsaturated/α-hetero) is 1. The molecule has 1 aromatic heterocycles. The van der Waals surface area contributed by atoms with Crippen molar-refractivity contribution < 1.29 is 14.3 Å². The summed E-state index contributed by atoms with van der Waals surface area (Å²) in [5.41, 5.74) is 1.38. The van der Waals surface area contributed by atoms with Gasteiger partial charge < -0.3 is 10.1 Å². The van der Waals surface area contributed by atoms with Crippen molar-refractivity contribution in [2.75, 3.05) is 12.4 Å². The van der Waals surface area contributed by atoms with Crippen LogP contribution in [0.5, 0.6) is 5.75 Å². The Kier molecular flexibility index (Phi) is 4.65. The highest BCUT2D eigenvalue weighted by Gasteiger charge is 2.14. The number of amides is 1. The van der Waals surface area contributed by atoms with Crippen molar-refractivity contribution in [1.29, 1.82) is 0 Å². The number of hydrogen-bond donors (Lipinski definition) is 1. The first-order chi connectivity index (χ1) is 9.92. The van der Waals surface area contributed by atoms with E-state index in [0.717, 1.165) is 16.9 Å². The van der Waals surface area contributed by atoms with Crippen molar-refractivity contribution in [1.82, 2.24) is 0 Å². The fraction of sp³-hybridized carbons (Fsp3) is 0.200. The molecule has 2 rings (SSSR count). The Balaban J connectivity index is 2.26. The summed E-state index contributed by atoms with van der Waals surface area (Å²) >= 11 is 7.19. The van der Waals surface area contributed by atoms with E-state index in [4.69, 9.17) is 16.3 Å². The number of halogens is 1. The van der Waals surface area contributed by atoms with Gasteiger partial charge >= 0.3 is 0 Å². The van der Waals surface area contributed by atoms with Crippen LogP contribution in [-0.4, -0.2) is 18.8 Å². The second-order valence-electron chi connectivity index (χ2n) is 4.48. The van der Waals surface area contributed by atoms with Gasteiger partial charge in [0.2, 0.25) is 0 Å². The Morgan fingerprint density at radius 2 is 1.90 bits per heavy atom. The summed E-state index contributed by atoms with van der Waals surface area (Å²) in [4.78, 5) is 24.5. The number of anilines is 1. The summed E-state index contributed by atoms with van der Waals surface area (Å²) < 4.78 is 5.21. The Morgan fingerprint density at radius 3 is 2.48 bits per heavy atom. The van der Waals surface area contributed by atoms with Crippen molar-refractivity contribution in [3.63, 3.8) is 0 Å². The molecular formula is C15H14ClNO3S. The Bertz CT molecular complexity index is 709. The van der Waals surface area contributed by atoms with Gasteiger partial charge in [-0.3, -0.25) is 9.59 Å². The zero-order valence-electron chi connectivity index (χ0n) is 11.8. The van der Waals surface area contributed by atoms with Crippen molar-refractivity contribution in [3.05, 3.63) is 44.6 Å². The number of ether oxygens (including phenoxy) is 1. The van der Waals surface area contributed by atoms with Crippen LogP contribution >= 0.6 is 22.9 Å². The van der Waals surface area contributed by atoms with Crippen LogP contribution in [0, 0.1) is 6.92 Å². The second kappa shape index (κ2) is 6.28. The van der Waals surface area contributed by atoms with Crippen LogP contribution in [0.15, 0.2) is 24.3 Å². The molecule has 0 aliphatic heterocycles. The van der Waals surface area contributed by atoms with Gasteiger partial charge in [-0.1, -0.05) is 11.6 Å². The van der Waals surface area contributed by atoms with Gasteiger partial charge in [-0.15, -0.1) is 11.3 Å². The molecule has 1 heterocycles. The van der Waals surface area contributed by atoms with Gasteiger partial charge in [-0.05, 0) is 37.6 Å². The fourth-order valence-corrected chi connectivity index (χ4v) is 2.71. The third-order valence-electron chi connectivity index (χ3n) is 2.91. The highest BCUT2D eigenvalue weighted by molar-refractivity contribution is 7.16. The van der Waals surface area contributed by atoms with Crippen molar-refractivity contribution in [2.45, 2.75) is 13.8 Å². The van der Waals surface area contributed by atoms with Crippen LogP contribution in [0.25, 0.3) is 0 Å². The fourth-order valence-electron chi connectivity index (χ4n) is 1.76. The molecule has 4 nitrogen and oxygen atoms in total. The molecule has 0 aliphatic rings. The highest BCUT2D eigenvalue weighted by atomic mass is 35.5. The number of ketones is 1. The first kappa shape index (κ1) is 15.5. The lowest BCUT2D eigenvalue weighted by Crippen LogP contribution is -2.11. The van der Waals surface area contributed by atoms with Crippen LogP contribution in [0.1, 0.15) is 31.8 Å². The monoisotopic (exact) mass is 323 g/mol. The van der Waals surface area contributed by atoms with E-state index < -0.39 is 0 Å². The Hall–Kier alpha value is -1.85. The average Bonchev–Trinajstić information content (AvgIpc) is 2.92. The number of benzene rings is 1. The highest BCUT2D eigenvalue weighted by Crippen LogP contribution is 2.31. The maximum absolute atomic E-state index is 12.2. The molecular weight excluding hydrogens is 310 g/mol. The normalized spacial score (nSPS) is 10.3. The largest absolute Gasteiger partial charge is 0.495 e. The quantitative estimate of drug-likeness (QED) is 0.859. The predicted octanol–water partition coefficient (Wildman–Crippen LogP) is 4.17. The van der Waals surface area contributed by atoms with Gasteiger partial charge in [0.05, 0.1) is 22.6 Å². The maximum atomic E-state index is 12.2. The maximum Gasteiger partial charge on any atom is 0.265 e. The number of thiophene rings is 1. The van der Waals surface area contributed by atoms with E-state index in [1.165, 1.54) is 14.0 Å². The number of carbonyl (C=O) groups is 2. The third-order valence-corrected chi connectivity index (χ3v) is 4.50. The summed E-state index contributed by atoms with van der Waals surface area (Å²) in [6.07, 6.45) is 0. The van der Waals surface area contributed by atoms with E-state index in [9.17, 15) is 9.59 Å². The summed E-state index contributed by atoms with van der Waals surface area (Å²) in [6, 6.07) is 6.68. The topological polar surface area (TPSA) is 55.4 Å². The first-order valence-corrected chi connectivity index (χ1v) is 7.38. The van der Waals surface area contributed by atoms with E-state index in [0.29, 0.717) is 26.2 Å². The third kappa shape index (κ3) is 3.43. The Labute approximate surface area is 131 Å². The minimum Gasteiger partial charge on any atom is -0.495 e. The summed E-state index contributed by atoms with van der Waals surface area (Å²) in [6.45, 7) is 3.32. The molecule has 0 saturated heterocycles. The number of methoxy groups -OCH3 is 1. The lowest BCUT2D eigenvalue weighted by molar-refractivity contribution is 0.101. The van der Waals surface area contributed by atoms with Crippen molar-refractivity contribution in [2.24, 2.45) is 0 Å². The molecule has 0 atom stereocenters. The van der Waals surface area contributed by atoms with E-state index >= 15 is 0 Å². The zero-order chi connectivity index (χ0) is 15.6. The SMILES string of the molecule is COc1cc(Cl)c(C)cc1NC(=O)c1ccc(C(C)=O)s1. The van der Waals surface area contributed by atoms with Crippen LogP contribution in [0.4, 0.5) is 5.69 Å². The predicted molar refractivity (Wildman–Crippen MR) is 85.0 cm³/mol. The molecule has 0 aliphatic carbocycles. The summed E-state index contributed by atoms with van der Waals surface area (Å²) in [5, 5.41) is 3.34. The van der Waals surface area contributed by atoms with E-state index in [-0.39, 0.29) is 11.7 Å². The summed E-state index contributed by atoms with van der Waals surface area (Å²) in [7, 11) is 1.51. The van der Waals surface area contributed by atoms with Gasteiger partial charge in [0, 0.05) is 11.1 Å². The van der Waals surface area contributed by atoms with Crippen LogP contribution < -0.4 is 10.1 Å². The number of nitrogens with one attached hydrogen (secondary N) is 1. The smallest absolute Gasteiger partial charge is 0.265 e. The molecule has 0 bridgehead atoms. The lowest BCUT2D eigenvalue weighted by Gasteiger charge is -2.11. The lowest BCUT2D eigenvalue weighted by atomic mass is 10.2. The summed E-state index contributed by atoms with van der Waals surface area (Å²) in [5.74, 6) is 0.147. The standard InChI is InChI=1S/C15H14ClNO3S/c1-8-6-11(12(20-3)7-10(8)16)17-15(19)14-5-4-13(21-14)9(2)18/h4-7H,1-3H3,(H,17,19).